The van der Waals surface area contributed by atoms with Gasteiger partial charge in [-0.05, 0) is 49.1 Å². The summed E-state index contributed by atoms with van der Waals surface area (Å²) in [5.41, 5.74) is 7.94. The lowest BCUT2D eigenvalue weighted by Crippen LogP contribution is -2.46. The molecule has 0 spiro atoms. The zero-order valence-electron chi connectivity index (χ0n) is 21.4. The van der Waals surface area contributed by atoms with Gasteiger partial charge in [-0.15, -0.1) is 0 Å². The Bertz CT molecular complexity index is 1000. The van der Waals surface area contributed by atoms with E-state index in [-0.39, 0.29) is 30.3 Å². The van der Waals surface area contributed by atoms with E-state index in [1.807, 2.05) is 12.1 Å². The number of ether oxygens (including phenoxy) is 2. The van der Waals surface area contributed by atoms with Crippen LogP contribution in [0.25, 0.3) is 0 Å². The molecule has 0 bridgehead atoms. The lowest BCUT2D eigenvalue weighted by Gasteiger charge is -2.36. The molecule has 0 radical (unpaired) electrons. The third kappa shape index (κ3) is 4.53. The fourth-order valence-electron chi connectivity index (χ4n) is 6.66. The summed E-state index contributed by atoms with van der Waals surface area (Å²) in [6.07, 6.45) is 3.14. The smallest absolute Gasteiger partial charge is 0.249 e. The van der Waals surface area contributed by atoms with Crippen molar-refractivity contribution in [2.24, 2.45) is 11.7 Å². The minimum atomic E-state index is -0.631. The quantitative estimate of drug-likeness (QED) is 0.606. The predicted molar refractivity (Wildman–Crippen MR) is 135 cm³/mol. The number of hydrogen-bond acceptors (Lipinski definition) is 7. The average Bonchev–Trinajstić information content (AvgIpc) is 3.63. The van der Waals surface area contributed by atoms with E-state index in [2.05, 4.69) is 16.7 Å². The highest BCUT2D eigenvalue weighted by molar-refractivity contribution is 5.99. The minimum Gasteiger partial charge on any atom is -0.377 e. The molecule has 1 aromatic rings. The first-order chi connectivity index (χ1) is 17.4. The van der Waals surface area contributed by atoms with E-state index in [0.717, 1.165) is 64.1 Å². The number of rotatable bonds is 7. The number of ketones is 1. The molecular formula is C27H38N4O5. The van der Waals surface area contributed by atoms with Crippen LogP contribution in [0, 0.1) is 5.92 Å². The van der Waals surface area contributed by atoms with E-state index in [9.17, 15) is 14.4 Å². The van der Waals surface area contributed by atoms with Crippen LogP contribution in [0.15, 0.2) is 18.2 Å². The van der Waals surface area contributed by atoms with Crippen LogP contribution in [0.1, 0.15) is 54.4 Å². The van der Waals surface area contributed by atoms with Crippen LogP contribution in [0.2, 0.25) is 0 Å². The number of fused-ring (bicyclic) bond motifs is 1. The summed E-state index contributed by atoms with van der Waals surface area (Å²) >= 11 is 0. The topological polar surface area (TPSA) is 105 Å². The molecular weight excluding hydrogens is 460 g/mol. The molecule has 5 rings (SSSR count). The second kappa shape index (κ2) is 10.5. The van der Waals surface area contributed by atoms with Gasteiger partial charge in [-0.2, -0.15) is 0 Å². The molecule has 1 aromatic carbocycles. The molecule has 196 valence electrons. The van der Waals surface area contributed by atoms with Gasteiger partial charge in [0, 0.05) is 44.5 Å². The van der Waals surface area contributed by atoms with Crippen LogP contribution >= 0.6 is 0 Å². The summed E-state index contributed by atoms with van der Waals surface area (Å²) in [6.45, 7) is 7.25. The fourth-order valence-corrected chi connectivity index (χ4v) is 6.66. The molecule has 4 fully saturated rings. The van der Waals surface area contributed by atoms with E-state index in [1.165, 1.54) is 0 Å². The number of carbonyl (C=O) groups is 3. The zero-order valence-corrected chi connectivity index (χ0v) is 21.4. The van der Waals surface area contributed by atoms with E-state index in [1.54, 1.807) is 18.1 Å². The number of Topliss-reactive ketones (excluding diaryl/α,β-unsaturated/α-hetero) is 1. The number of nitrogens with two attached hydrogens (primary N) is 1. The van der Waals surface area contributed by atoms with Crippen LogP contribution in [-0.2, 0) is 19.1 Å². The number of benzene rings is 1. The van der Waals surface area contributed by atoms with E-state index in [4.69, 9.17) is 15.2 Å². The minimum absolute atomic E-state index is 0.00116. The highest BCUT2D eigenvalue weighted by Gasteiger charge is 2.54. The van der Waals surface area contributed by atoms with Gasteiger partial charge in [0.1, 0.15) is 24.9 Å². The molecule has 4 atom stereocenters. The molecule has 0 aromatic heterocycles. The molecule has 36 heavy (non-hydrogen) atoms. The molecule has 9 nitrogen and oxygen atoms in total. The molecule has 9 heteroatoms. The molecule has 2 N–H and O–H groups in total. The molecule has 1 aliphatic carbocycles. The van der Waals surface area contributed by atoms with Crippen molar-refractivity contribution in [2.75, 3.05) is 57.9 Å². The van der Waals surface area contributed by atoms with Crippen LogP contribution in [0.4, 0.5) is 5.69 Å². The van der Waals surface area contributed by atoms with Gasteiger partial charge in [0.05, 0.1) is 12.5 Å². The Morgan fingerprint density at radius 2 is 1.89 bits per heavy atom. The summed E-state index contributed by atoms with van der Waals surface area (Å²) in [7, 11) is 1.59. The van der Waals surface area contributed by atoms with Crippen molar-refractivity contribution in [1.82, 2.24) is 9.80 Å². The first-order valence-electron chi connectivity index (χ1n) is 13.3. The number of methoxy groups -OCH3 is 1. The largest absolute Gasteiger partial charge is 0.377 e. The number of piperazine rings is 1. The van der Waals surface area contributed by atoms with Crippen molar-refractivity contribution in [3.05, 3.63) is 29.3 Å². The van der Waals surface area contributed by atoms with Gasteiger partial charge in [0.15, 0.2) is 5.78 Å². The van der Waals surface area contributed by atoms with Gasteiger partial charge in [-0.1, -0.05) is 19.8 Å². The lowest BCUT2D eigenvalue weighted by atomic mass is 9.80. The first-order valence-corrected chi connectivity index (χ1v) is 13.3. The Balaban J connectivity index is 1.52. The van der Waals surface area contributed by atoms with Crippen molar-refractivity contribution >= 4 is 23.3 Å². The molecule has 2 amide bonds. The molecule has 1 saturated carbocycles. The summed E-state index contributed by atoms with van der Waals surface area (Å²) in [5.74, 6) is -1.17. The Hall–Kier alpha value is -2.49. The second-order valence-corrected chi connectivity index (χ2v) is 10.5. The number of likely N-dealkylation sites (tertiary alicyclic amines) is 1. The van der Waals surface area contributed by atoms with Crippen LogP contribution in [-0.4, -0.2) is 98.6 Å². The lowest BCUT2D eigenvalue weighted by molar-refractivity contribution is -0.139. The Morgan fingerprint density at radius 3 is 2.53 bits per heavy atom. The summed E-state index contributed by atoms with van der Waals surface area (Å²) in [4.78, 5) is 46.0. The highest BCUT2D eigenvalue weighted by Crippen LogP contribution is 2.43. The number of nitrogens with zero attached hydrogens (tertiary/aromatic N) is 3. The van der Waals surface area contributed by atoms with Gasteiger partial charge in [0.2, 0.25) is 11.8 Å². The molecule has 3 saturated heterocycles. The van der Waals surface area contributed by atoms with Crippen molar-refractivity contribution in [2.45, 2.75) is 56.8 Å². The number of likely N-dealkylation sites (N-methyl/N-ethyl adjacent to an activating group) is 1. The van der Waals surface area contributed by atoms with Gasteiger partial charge in [-0.3, -0.25) is 14.4 Å². The normalized spacial score (nSPS) is 28.1. The Labute approximate surface area is 212 Å². The van der Waals surface area contributed by atoms with Crippen molar-refractivity contribution < 1.29 is 23.9 Å². The van der Waals surface area contributed by atoms with Gasteiger partial charge in [-0.25, -0.2) is 0 Å². The van der Waals surface area contributed by atoms with E-state index < -0.39 is 24.0 Å². The predicted octanol–water partition coefficient (Wildman–Crippen LogP) is 1.39. The first kappa shape index (κ1) is 25.2. The highest BCUT2D eigenvalue weighted by atomic mass is 16.5. The zero-order chi connectivity index (χ0) is 25.4. The number of hydrogen-bond donors (Lipinski definition) is 1. The Kier molecular flexibility index (Phi) is 7.32. The second-order valence-electron chi connectivity index (χ2n) is 10.5. The number of carbonyl (C=O) groups excluding carboxylic acids is 3. The maximum atomic E-state index is 14.3. The average molecular weight is 499 g/mol. The monoisotopic (exact) mass is 498 g/mol. The van der Waals surface area contributed by atoms with Crippen LogP contribution < -0.4 is 10.6 Å². The standard InChI is InChI=1S/C27H38N4O5/c1-3-29-10-12-30(13-11-29)18-8-9-19(26(28)33)20(14-18)23(17-6-4-5-7-17)27(34)31-15-22(35-2)25-24(31)21(32)16-36-25/h8-9,14,17,22-25H,3-7,10-13,15-16H2,1-2H3,(H2,28,33)/t22-,23+,24-,25-/m1/s1. The van der Waals surface area contributed by atoms with Crippen LogP contribution in [0.3, 0.4) is 0 Å². The maximum Gasteiger partial charge on any atom is 0.249 e. The third-order valence-corrected chi connectivity index (χ3v) is 8.68. The maximum absolute atomic E-state index is 14.3. The van der Waals surface area contributed by atoms with Gasteiger partial charge in [0.25, 0.3) is 0 Å². The van der Waals surface area contributed by atoms with Crippen molar-refractivity contribution in [3.63, 3.8) is 0 Å². The van der Waals surface area contributed by atoms with E-state index >= 15 is 0 Å². The molecule has 4 aliphatic rings. The SMILES string of the molecule is CCN1CCN(c2ccc(C(N)=O)c([C@@H](C(=O)N3C[C@@H](OC)[C@H]4OCC(=O)[C@H]43)C3CCCC3)c2)CC1. The van der Waals surface area contributed by atoms with Crippen molar-refractivity contribution in [1.29, 1.82) is 0 Å². The molecule has 3 heterocycles. The van der Waals surface area contributed by atoms with E-state index in [0.29, 0.717) is 17.7 Å². The van der Waals surface area contributed by atoms with Crippen LogP contribution in [0.5, 0.6) is 0 Å². The van der Waals surface area contributed by atoms with Crippen molar-refractivity contribution in [3.8, 4) is 0 Å². The molecule has 0 unspecified atom stereocenters. The van der Waals surface area contributed by atoms with Gasteiger partial charge < -0.3 is 29.9 Å². The molecule has 3 aliphatic heterocycles. The summed E-state index contributed by atoms with van der Waals surface area (Å²) in [6, 6.07) is 5.11. The fraction of sp³-hybridized carbons (Fsp3) is 0.667. The number of amides is 2. The number of anilines is 1. The summed E-state index contributed by atoms with van der Waals surface area (Å²) < 4.78 is 11.3. The third-order valence-electron chi connectivity index (χ3n) is 8.68. The summed E-state index contributed by atoms with van der Waals surface area (Å²) in [5, 5.41) is 0. The Morgan fingerprint density at radius 1 is 1.17 bits per heavy atom. The van der Waals surface area contributed by atoms with Gasteiger partial charge >= 0.3 is 0 Å². The number of primary amides is 1.